The van der Waals surface area contributed by atoms with Crippen molar-refractivity contribution < 1.29 is 0 Å². The van der Waals surface area contributed by atoms with Crippen molar-refractivity contribution in [3.8, 4) is 0 Å². The molecule has 0 nitrogen and oxygen atoms in total. The van der Waals surface area contributed by atoms with Gasteiger partial charge in [0.2, 0.25) is 0 Å². The molecule has 1 saturated carbocycles. The summed E-state index contributed by atoms with van der Waals surface area (Å²) >= 11 is 0. The zero-order chi connectivity index (χ0) is 16.1. The van der Waals surface area contributed by atoms with Crippen LogP contribution in [0.4, 0.5) is 0 Å². The highest BCUT2D eigenvalue weighted by molar-refractivity contribution is 6.03. The number of allylic oxidation sites excluding steroid dienone is 1. The van der Waals surface area contributed by atoms with Gasteiger partial charge in [0.1, 0.15) is 0 Å². The molecule has 1 unspecified atom stereocenters. The van der Waals surface area contributed by atoms with Gasteiger partial charge in [-0.15, -0.1) is 0 Å². The highest BCUT2D eigenvalue weighted by Gasteiger charge is 2.43. The van der Waals surface area contributed by atoms with Gasteiger partial charge < -0.3 is 0 Å². The van der Waals surface area contributed by atoms with Gasteiger partial charge in [-0.2, -0.15) is 0 Å². The van der Waals surface area contributed by atoms with Gasteiger partial charge in [0.25, 0.3) is 0 Å². The van der Waals surface area contributed by atoms with Crippen LogP contribution in [0.5, 0.6) is 0 Å². The first-order valence-corrected chi connectivity index (χ1v) is 9.11. The number of hydrogen-bond donors (Lipinski definition) is 0. The standard InChI is InChI=1S/C24H22/c1-24-16-8-7-13-20(24)22(18-10-3-2-4-11-18)23-19-12-6-5-9-17(19)14-15-21(23)24/h2-6,9-12,14-15H,7-8,13,16H2,1H3. The molecule has 0 bridgehead atoms. The van der Waals surface area contributed by atoms with E-state index in [-0.39, 0.29) is 5.41 Å². The molecule has 2 aliphatic carbocycles. The smallest absolute Gasteiger partial charge is 0.0149 e. The third-order valence-electron chi connectivity index (χ3n) is 6.16. The van der Waals surface area contributed by atoms with Crippen molar-refractivity contribution in [2.24, 2.45) is 0 Å². The lowest BCUT2D eigenvalue weighted by molar-refractivity contribution is 0.423. The van der Waals surface area contributed by atoms with Crippen molar-refractivity contribution in [3.05, 3.63) is 89.0 Å². The molecule has 0 heteroatoms. The van der Waals surface area contributed by atoms with Crippen molar-refractivity contribution in [2.45, 2.75) is 38.0 Å². The molecule has 1 atom stereocenters. The summed E-state index contributed by atoms with van der Waals surface area (Å²) in [5.74, 6) is 0. The summed E-state index contributed by atoms with van der Waals surface area (Å²) in [5.41, 5.74) is 7.85. The van der Waals surface area contributed by atoms with E-state index in [1.807, 2.05) is 0 Å². The van der Waals surface area contributed by atoms with E-state index in [4.69, 9.17) is 0 Å². The Labute approximate surface area is 143 Å². The Morgan fingerprint density at radius 3 is 2.46 bits per heavy atom. The molecule has 0 spiro atoms. The first-order valence-electron chi connectivity index (χ1n) is 9.11. The van der Waals surface area contributed by atoms with Crippen LogP contribution in [0, 0.1) is 0 Å². The molecule has 1 fully saturated rings. The molecule has 118 valence electrons. The molecule has 0 aromatic heterocycles. The quantitative estimate of drug-likeness (QED) is 0.482. The van der Waals surface area contributed by atoms with Gasteiger partial charge in [-0.05, 0) is 52.3 Å². The van der Waals surface area contributed by atoms with Crippen molar-refractivity contribution >= 4 is 16.3 Å². The van der Waals surface area contributed by atoms with Crippen LogP contribution in [0.2, 0.25) is 0 Å². The molecule has 0 aliphatic heterocycles. The van der Waals surface area contributed by atoms with Crippen LogP contribution in [-0.2, 0) is 5.41 Å². The van der Waals surface area contributed by atoms with Crippen LogP contribution in [-0.4, -0.2) is 0 Å². The Morgan fingerprint density at radius 1 is 0.792 bits per heavy atom. The van der Waals surface area contributed by atoms with Gasteiger partial charge in [0, 0.05) is 5.41 Å². The third kappa shape index (κ3) is 1.80. The van der Waals surface area contributed by atoms with E-state index in [1.54, 1.807) is 11.1 Å². The predicted molar refractivity (Wildman–Crippen MR) is 102 cm³/mol. The van der Waals surface area contributed by atoms with Crippen LogP contribution in [0.25, 0.3) is 16.3 Å². The molecule has 0 N–H and O–H groups in total. The van der Waals surface area contributed by atoms with Crippen molar-refractivity contribution in [3.63, 3.8) is 0 Å². The fourth-order valence-electron chi connectivity index (χ4n) is 4.98. The largest absolute Gasteiger partial charge is 0.0622 e. The number of hydrogen-bond acceptors (Lipinski definition) is 0. The Morgan fingerprint density at radius 2 is 1.58 bits per heavy atom. The summed E-state index contributed by atoms with van der Waals surface area (Å²) in [6.07, 6.45) is 5.19. The third-order valence-corrected chi connectivity index (χ3v) is 6.16. The van der Waals surface area contributed by atoms with E-state index in [1.165, 1.54) is 53.2 Å². The summed E-state index contributed by atoms with van der Waals surface area (Å²) in [6, 6.07) is 24.6. The Hall–Kier alpha value is -2.34. The van der Waals surface area contributed by atoms with Gasteiger partial charge in [-0.25, -0.2) is 0 Å². The lowest BCUT2D eigenvalue weighted by Crippen LogP contribution is -2.25. The van der Waals surface area contributed by atoms with Crippen LogP contribution >= 0.6 is 0 Å². The zero-order valence-electron chi connectivity index (χ0n) is 14.2. The maximum Gasteiger partial charge on any atom is 0.0149 e. The molecular weight excluding hydrogens is 288 g/mol. The number of fused-ring (bicyclic) bond motifs is 5. The minimum atomic E-state index is 0.225. The highest BCUT2D eigenvalue weighted by atomic mass is 14.5. The average molecular weight is 310 g/mol. The van der Waals surface area contributed by atoms with E-state index in [0.717, 1.165) is 0 Å². The predicted octanol–water partition coefficient (Wildman–Crippen LogP) is 6.49. The molecule has 5 rings (SSSR count). The maximum atomic E-state index is 2.48. The Balaban J connectivity index is 1.92. The van der Waals surface area contributed by atoms with Crippen molar-refractivity contribution in [2.75, 3.05) is 0 Å². The van der Waals surface area contributed by atoms with E-state index >= 15 is 0 Å². The van der Waals surface area contributed by atoms with Crippen LogP contribution in [0.3, 0.4) is 0 Å². The zero-order valence-corrected chi connectivity index (χ0v) is 14.2. The maximum absolute atomic E-state index is 2.48. The van der Waals surface area contributed by atoms with E-state index < -0.39 is 0 Å². The monoisotopic (exact) mass is 310 g/mol. The first-order chi connectivity index (χ1) is 11.8. The molecule has 2 aliphatic rings. The number of benzene rings is 3. The Bertz CT molecular complexity index is 962. The second kappa shape index (κ2) is 5.08. The fraction of sp³-hybridized carbons (Fsp3) is 0.250. The molecule has 24 heavy (non-hydrogen) atoms. The van der Waals surface area contributed by atoms with Gasteiger partial charge >= 0.3 is 0 Å². The molecule has 0 heterocycles. The van der Waals surface area contributed by atoms with E-state index in [9.17, 15) is 0 Å². The second-order valence-corrected chi connectivity index (χ2v) is 7.47. The lowest BCUT2D eigenvalue weighted by atomic mass is 9.70. The normalized spacial score (nSPS) is 22.5. The van der Waals surface area contributed by atoms with Crippen molar-refractivity contribution in [1.29, 1.82) is 0 Å². The number of rotatable bonds is 1. The Kier molecular flexibility index (Phi) is 2.97. The van der Waals surface area contributed by atoms with E-state index in [0.29, 0.717) is 0 Å². The SMILES string of the molecule is CC12CCCCC1=C(c1ccccc1)c1c2ccc2ccccc12. The molecule has 0 radical (unpaired) electrons. The molecular formula is C24H22. The van der Waals surface area contributed by atoms with Crippen LogP contribution < -0.4 is 0 Å². The van der Waals surface area contributed by atoms with Crippen LogP contribution in [0.15, 0.2) is 72.3 Å². The van der Waals surface area contributed by atoms with E-state index in [2.05, 4.69) is 73.7 Å². The highest BCUT2D eigenvalue weighted by Crippen LogP contribution is 2.56. The summed E-state index contributed by atoms with van der Waals surface area (Å²) in [4.78, 5) is 0. The van der Waals surface area contributed by atoms with Gasteiger partial charge in [-0.3, -0.25) is 0 Å². The topological polar surface area (TPSA) is 0 Å². The summed E-state index contributed by atoms with van der Waals surface area (Å²) in [5, 5.41) is 2.77. The summed E-state index contributed by atoms with van der Waals surface area (Å²) in [6.45, 7) is 2.48. The molecule has 3 aromatic rings. The van der Waals surface area contributed by atoms with Gasteiger partial charge in [-0.1, -0.05) is 85.6 Å². The summed E-state index contributed by atoms with van der Waals surface area (Å²) < 4.78 is 0. The van der Waals surface area contributed by atoms with Crippen LogP contribution in [0.1, 0.15) is 49.3 Å². The van der Waals surface area contributed by atoms with Gasteiger partial charge in [0.15, 0.2) is 0 Å². The fourth-order valence-corrected chi connectivity index (χ4v) is 4.98. The van der Waals surface area contributed by atoms with Gasteiger partial charge in [0.05, 0.1) is 0 Å². The van der Waals surface area contributed by atoms with Crippen molar-refractivity contribution in [1.82, 2.24) is 0 Å². The lowest BCUT2D eigenvalue weighted by Gasteiger charge is -2.34. The molecule has 3 aromatic carbocycles. The minimum absolute atomic E-state index is 0.225. The second-order valence-electron chi connectivity index (χ2n) is 7.47. The first kappa shape index (κ1) is 14.0. The molecule has 0 saturated heterocycles. The minimum Gasteiger partial charge on any atom is -0.0622 e. The molecule has 0 amide bonds. The summed E-state index contributed by atoms with van der Waals surface area (Å²) in [7, 11) is 0. The average Bonchev–Trinajstić information content (AvgIpc) is 2.91.